The molecule has 3 aromatic rings. The van der Waals surface area contributed by atoms with E-state index >= 15 is 0 Å². The van der Waals surface area contributed by atoms with Crippen LogP contribution in [0.5, 0.6) is 0 Å². The maximum atomic E-state index is 13.2. The van der Waals surface area contributed by atoms with E-state index in [1.165, 1.54) is 0 Å². The van der Waals surface area contributed by atoms with Crippen molar-refractivity contribution in [1.82, 2.24) is 15.0 Å². The number of aromatic nitrogens is 3. The second-order valence-electron chi connectivity index (χ2n) is 6.40. The summed E-state index contributed by atoms with van der Waals surface area (Å²) in [7, 11) is -3.80. The van der Waals surface area contributed by atoms with E-state index in [2.05, 4.69) is 15.0 Å². The summed E-state index contributed by atoms with van der Waals surface area (Å²) in [6.45, 7) is 1.91. The fraction of sp³-hybridized carbons (Fsp3) is 0.211. The number of rotatable bonds is 2. The summed E-state index contributed by atoms with van der Waals surface area (Å²) in [5.74, 6) is -0.0621. The molecule has 6 nitrogen and oxygen atoms in total. The van der Waals surface area contributed by atoms with Gasteiger partial charge >= 0.3 is 0 Å². The number of fused-ring (bicyclic) bond motifs is 3. The highest BCUT2D eigenvalue weighted by molar-refractivity contribution is 7.91. The number of nitrogens with two attached hydrogens (primary N) is 1. The molecule has 0 aliphatic heterocycles. The smallest absolute Gasteiger partial charge is 0.224 e. The Morgan fingerprint density at radius 1 is 1.00 bits per heavy atom. The van der Waals surface area contributed by atoms with Gasteiger partial charge in [0.25, 0.3) is 0 Å². The van der Waals surface area contributed by atoms with Crippen LogP contribution in [-0.4, -0.2) is 23.4 Å². The monoisotopic (exact) mass is 366 g/mol. The van der Waals surface area contributed by atoms with E-state index in [0.717, 1.165) is 24.0 Å². The molecule has 1 aliphatic rings. The zero-order valence-electron chi connectivity index (χ0n) is 14.3. The Labute approximate surface area is 152 Å². The summed E-state index contributed by atoms with van der Waals surface area (Å²) in [5.41, 5.74) is 9.72. The van der Waals surface area contributed by atoms with Crippen LogP contribution in [0.2, 0.25) is 0 Å². The Kier molecular flexibility index (Phi) is 3.96. The predicted octanol–water partition coefficient (Wildman–Crippen LogP) is 2.75. The van der Waals surface area contributed by atoms with Gasteiger partial charge in [0.05, 0.1) is 16.3 Å². The summed E-state index contributed by atoms with van der Waals surface area (Å²) in [5, 5.41) is -0.0117. The molecule has 1 aliphatic carbocycles. The average molecular weight is 366 g/mol. The van der Waals surface area contributed by atoms with Crippen molar-refractivity contribution in [2.24, 2.45) is 0 Å². The van der Waals surface area contributed by atoms with Gasteiger partial charge in [0.15, 0.2) is 5.03 Å². The van der Waals surface area contributed by atoms with E-state index in [1.54, 1.807) is 30.5 Å². The SMILES string of the molecule is Cc1ccc(S(=O)(=O)c2nc(N)nc3c2CCCc2cccnc2-3)cc1. The van der Waals surface area contributed by atoms with Crippen LogP contribution in [0.3, 0.4) is 0 Å². The third kappa shape index (κ3) is 2.74. The number of sulfone groups is 1. The third-order valence-corrected chi connectivity index (χ3v) is 6.30. The molecular formula is C19H18N4O2S. The lowest BCUT2D eigenvalue weighted by Crippen LogP contribution is -2.13. The Balaban J connectivity index is 1.98. The molecule has 4 rings (SSSR count). The first-order chi connectivity index (χ1) is 12.5. The van der Waals surface area contributed by atoms with Crippen LogP contribution in [-0.2, 0) is 22.7 Å². The van der Waals surface area contributed by atoms with Crippen molar-refractivity contribution in [3.05, 3.63) is 59.3 Å². The first-order valence-electron chi connectivity index (χ1n) is 8.39. The summed E-state index contributed by atoms with van der Waals surface area (Å²) in [6, 6.07) is 10.6. The van der Waals surface area contributed by atoms with Crippen LogP contribution in [0.4, 0.5) is 5.95 Å². The lowest BCUT2D eigenvalue weighted by Gasteiger charge is -2.13. The van der Waals surface area contributed by atoms with E-state index in [9.17, 15) is 8.42 Å². The number of aryl methyl sites for hydroxylation is 2. The van der Waals surface area contributed by atoms with Crippen molar-refractivity contribution in [3.63, 3.8) is 0 Å². The quantitative estimate of drug-likeness (QED) is 0.700. The van der Waals surface area contributed by atoms with Crippen molar-refractivity contribution in [3.8, 4) is 11.4 Å². The molecule has 0 bridgehead atoms. The van der Waals surface area contributed by atoms with Crippen LogP contribution in [0.1, 0.15) is 23.1 Å². The average Bonchev–Trinajstić information content (AvgIpc) is 2.81. The van der Waals surface area contributed by atoms with Gasteiger partial charge in [0, 0.05) is 11.8 Å². The second-order valence-corrected chi connectivity index (χ2v) is 8.26. The van der Waals surface area contributed by atoms with Crippen LogP contribution < -0.4 is 5.73 Å². The molecule has 0 unspecified atom stereocenters. The lowest BCUT2D eigenvalue weighted by molar-refractivity contribution is 0.590. The van der Waals surface area contributed by atoms with Gasteiger partial charge in [-0.3, -0.25) is 4.98 Å². The molecule has 2 N–H and O–H groups in total. The number of benzene rings is 1. The molecule has 0 radical (unpaired) electrons. The molecule has 7 heteroatoms. The molecule has 0 saturated carbocycles. The van der Waals surface area contributed by atoms with E-state index in [-0.39, 0.29) is 15.9 Å². The van der Waals surface area contributed by atoms with Gasteiger partial charge in [-0.05, 0) is 49.9 Å². The number of anilines is 1. The Hall–Kier alpha value is -2.80. The molecule has 2 aromatic heterocycles. The highest BCUT2D eigenvalue weighted by Crippen LogP contribution is 2.34. The minimum atomic E-state index is -3.80. The molecule has 0 amide bonds. The zero-order valence-corrected chi connectivity index (χ0v) is 15.1. The summed E-state index contributed by atoms with van der Waals surface area (Å²) < 4.78 is 26.5. The summed E-state index contributed by atoms with van der Waals surface area (Å²) >= 11 is 0. The first kappa shape index (κ1) is 16.7. The largest absolute Gasteiger partial charge is 0.368 e. The van der Waals surface area contributed by atoms with Gasteiger partial charge in [-0.1, -0.05) is 23.8 Å². The Morgan fingerprint density at radius 2 is 1.77 bits per heavy atom. The zero-order chi connectivity index (χ0) is 18.3. The van der Waals surface area contributed by atoms with Crippen LogP contribution >= 0.6 is 0 Å². The number of pyridine rings is 1. The van der Waals surface area contributed by atoms with Crippen LogP contribution in [0, 0.1) is 6.92 Å². The minimum absolute atomic E-state index is 0.0117. The fourth-order valence-electron chi connectivity index (χ4n) is 3.26. The van der Waals surface area contributed by atoms with Crippen molar-refractivity contribution in [1.29, 1.82) is 0 Å². The Bertz CT molecular complexity index is 1090. The molecule has 1 aromatic carbocycles. The molecule has 0 spiro atoms. The normalized spacial score (nSPS) is 13.6. The fourth-order valence-corrected chi connectivity index (χ4v) is 4.72. The van der Waals surface area contributed by atoms with Crippen molar-refractivity contribution in [2.75, 3.05) is 5.73 Å². The van der Waals surface area contributed by atoms with Crippen molar-refractivity contribution >= 4 is 15.8 Å². The summed E-state index contributed by atoms with van der Waals surface area (Å²) in [6.07, 6.45) is 3.85. The highest BCUT2D eigenvalue weighted by atomic mass is 32.2. The molecule has 2 heterocycles. The topological polar surface area (TPSA) is 98.8 Å². The molecule has 132 valence electrons. The Morgan fingerprint density at radius 3 is 2.54 bits per heavy atom. The van der Waals surface area contributed by atoms with Crippen molar-refractivity contribution < 1.29 is 8.42 Å². The van der Waals surface area contributed by atoms with Crippen molar-refractivity contribution in [2.45, 2.75) is 36.1 Å². The van der Waals surface area contributed by atoms with Crippen LogP contribution in [0.25, 0.3) is 11.4 Å². The van der Waals surface area contributed by atoms with Gasteiger partial charge in [-0.25, -0.2) is 18.4 Å². The summed E-state index contributed by atoms with van der Waals surface area (Å²) in [4.78, 5) is 13.1. The van der Waals surface area contributed by atoms with E-state index in [4.69, 9.17) is 5.73 Å². The maximum absolute atomic E-state index is 13.2. The minimum Gasteiger partial charge on any atom is -0.368 e. The lowest BCUT2D eigenvalue weighted by atomic mass is 10.1. The standard InChI is InChI=1S/C19H18N4O2S/c1-12-7-9-14(10-8-12)26(24,25)18-15-6-2-4-13-5-3-11-21-16(13)17(15)22-19(20)23-18/h3,5,7-11H,2,4,6H2,1H3,(H2,20,22,23). The van der Waals surface area contributed by atoms with Gasteiger partial charge in [0.2, 0.25) is 15.8 Å². The third-order valence-electron chi connectivity index (χ3n) is 4.56. The molecule has 26 heavy (non-hydrogen) atoms. The van der Waals surface area contributed by atoms with Gasteiger partial charge in [-0.2, -0.15) is 0 Å². The molecule has 0 saturated heterocycles. The van der Waals surface area contributed by atoms with Gasteiger partial charge in [-0.15, -0.1) is 0 Å². The van der Waals surface area contributed by atoms with Crippen LogP contribution in [0.15, 0.2) is 52.5 Å². The van der Waals surface area contributed by atoms with Gasteiger partial charge < -0.3 is 5.73 Å². The molecule has 0 atom stereocenters. The predicted molar refractivity (Wildman–Crippen MR) is 98.3 cm³/mol. The molecule has 0 fully saturated rings. The number of hydrogen-bond donors (Lipinski definition) is 1. The number of nitrogens with zero attached hydrogens (tertiary/aromatic N) is 3. The maximum Gasteiger partial charge on any atom is 0.224 e. The highest BCUT2D eigenvalue weighted by Gasteiger charge is 2.29. The van der Waals surface area contributed by atoms with E-state index in [0.29, 0.717) is 23.4 Å². The van der Waals surface area contributed by atoms with E-state index < -0.39 is 9.84 Å². The number of hydrogen-bond acceptors (Lipinski definition) is 6. The first-order valence-corrected chi connectivity index (χ1v) is 9.87. The van der Waals surface area contributed by atoms with E-state index in [1.807, 2.05) is 19.1 Å². The second kappa shape index (κ2) is 6.17. The van der Waals surface area contributed by atoms with Gasteiger partial charge in [0.1, 0.15) is 0 Å². The molecular weight excluding hydrogens is 348 g/mol. The number of nitrogen functional groups attached to an aromatic ring is 1.